The van der Waals surface area contributed by atoms with Crippen LogP contribution in [0, 0.1) is 0 Å². The van der Waals surface area contributed by atoms with Gasteiger partial charge in [0, 0.05) is 11.2 Å². The van der Waals surface area contributed by atoms with Gasteiger partial charge in [-0.15, -0.1) is 0 Å². The number of benzene rings is 1. The van der Waals surface area contributed by atoms with Crippen molar-refractivity contribution in [3.05, 3.63) is 34.9 Å². The number of rotatable bonds is 4. The second kappa shape index (κ2) is 5.78. The minimum absolute atomic E-state index is 0.00526. The Hall–Kier alpha value is -0.860. The summed E-state index contributed by atoms with van der Waals surface area (Å²) in [5.74, 6) is 0. The number of hydrogen-bond donors (Lipinski definition) is 1. The molecule has 0 aliphatic heterocycles. The molecule has 0 aliphatic rings. The Morgan fingerprint density at radius 1 is 1.43 bits per heavy atom. The average Bonchev–Trinajstić information content (AvgIpc) is 2.22. The number of aliphatic hydroxyl groups is 1. The van der Waals surface area contributed by atoms with E-state index in [1.165, 1.54) is 0 Å². The third kappa shape index (κ3) is 3.48. The SMILES string of the molecule is CC[C@H](CO)N=Cc1ccc(Cl)cc1. The topological polar surface area (TPSA) is 32.6 Å². The Morgan fingerprint density at radius 2 is 2.07 bits per heavy atom. The molecule has 0 amide bonds. The van der Waals surface area contributed by atoms with E-state index in [0.717, 1.165) is 17.0 Å². The van der Waals surface area contributed by atoms with Gasteiger partial charge in [-0.25, -0.2) is 0 Å². The molecule has 1 rings (SSSR count). The van der Waals surface area contributed by atoms with Crippen LogP contribution in [0.25, 0.3) is 0 Å². The van der Waals surface area contributed by atoms with Crippen molar-refractivity contribution in [1.82, 2.24) is 0 Å². The van der Waals surface area contributed by atoms with E-state index in [-0.39, 0.29) is 12.6 Å². The first-order valence-electron chi connectivity index (χ1n) is 4.66. The molecule has 0 saturated carbocycles. The molecule has 0 bridgehead atoms. The van der Waals surface area contributed by atoms with E-state index >= 15 is 0 Å². The van der Waals surface area contributed by atoms with Crippen molar-refractivity contribution in [2.45, 2.75) is 19.4 Å². The summed E-state index contributed by atoms with van der Waals surface area (Å²) in [5.41, 5.74) is 1.00. The van der Waals surface area contributed by atoms with Gasteiger partial charge >= 0.3 is 0 Å². The molecule has 3 heteroatoms. The van der Waals surface area contributed by atoms with Crippen molar-refractivity contribution < 1.29 is 5.11 Å². The molecule has 0 unspecified atom stereocenters. The predicted octanol–water partition coefficient (Wildman–Crippen LogP) is 2.53. The first-order valence-corrected chi connectivity index (χ1v) is 5.03. The van der Waals surface area contributed by atoms with Crippen LogP contribution >= 0.6 is 11.6 Å². The van der Waals surface area contributed by atoms with Crippen molar-refractivity contribution in [3.63, 3.8) is 0 Å². The quantitative estimate of drug-likeness (QED) is 0.763. The van der Waals surface area contributed by atoms with Gasteiger partial charge in [-0.05, 0) is 24.1 Å². The zero-order valence-corrected chi connectivity index (χ0v) is 8.91. The Labute approximate surface area is 89.2 Å². The monoisotopic (exact) mass is 211 g/mol. The minimum atomic E-state index is 0.00526. The van der Waals surface area contributed by atoms with E-state index in [9.17, 15) is 0 Å². The van der Waals surface area contributed by atoms with Gasteiger partial charge in [0.25, 0.3) is 0 Å². The first-order chi connectivity index (χ1) is 6.76. The fourth-order valence-electron chi connectivity index (χ4n) is 1.02. The van der Waals surface area contributed by atoms with Crippen LogP contribution in [-0.2, 0) is 0 Å². The number of nitrogens with zero attached hydrogens (tertiary/aromatic N) is 1. The van der Waals surface area contributed by atoms with Crippen LogP contribution in [0.5, 0.6) is 0 Å². The Kier molecular flexibility index (Phi) is 4.63. The number of aliphatic hydroxyl groups excluding tert-OH is 1. The normalized spacial score (nSPS) is 13.4. The Morgan fingerprint density at radius 3 is 2.57 bits per heavy atom. The lowest BCUT2D eigenvalue weighted by Gasteiger charge is -2.03. The molecule has 14 heavy (non-hydrogen) atoms. The summed E-state index contributed by atoms with van der Waals surface area (Å²) in [4.78, 5) is 4.24. The van der Waals surface area contributed by atoms with Crippen LogP contribution in [0.2, 0.25) is 5.02 Å². The summed E-state index contributed by atoms with van der Waals surface area (Å²) in [6.45, 7) is 2.10. The highest BCUT2D eigenvalue weighted by Crippen LogP contribution is 2.08. The van der Waals surface area contributed by atoms with Crippen molar-refractivity contribution in [2.75, 3.05) is 6.61 Å². The van der Waals surface area contributed by atoms with Crippen LogP contribution in [0.3, 0.4) is 0 Å². The summed E-state index contributed by atoms with van der Waals surface area (Å²) >= 11 is 5.74. The third-order valence-electron chi connectivity index (χ3n) is 1.99. The second-order valence-corrected chi connectivity index (χ2v) is 3.51. The molecule has 1 N–H and O–H groups in total. The van der Waals surface area contributed by atoms with Crippen molar-refractivity contribution in [2.24, 2.45) is 4.99 Å². The van der Waals surface area contributed by atoms with Gasteiger partial charge in [0.2, 0.25) is 0 Å². The van der Waals surface area contributed by atoms with Gasteiger partial charge in [0.05, 0.1) is 12.6 Å². The number of halogens is 1. The molecule has 1 aromatic carbocycles. The first kappa shape index (κ1) is 11.2. The van der Waals surface area contributed by atoms with Crippen molar-refractivity contribution >= 4 is 17.8 Å². The predicted molar refractivity (Wildman–Crippen MR) is 60.2 cm³/mol. The lowest BCUT2D eigenvalue weighted by Crippen LogP contribution is -2.08. The van der Waals surface area contributed by atoms with Gasteiger partial charge < -0.3 is 5.11 Å². The van der Waals surface area contributed by atoms with Gasteiger partial charge in [-0.3, -0.25) is 4.99 Å². The molecule has 0 heterocycles. The zero-order valence-electron chi connectivity index (χ0n) is 8.15. The maximum absolute atomic E-state index is 8.91. The van der Waals surface area contributed by atoms with Gasteiger partial charge in [0.1, 0.15) is 0 Å². The second-order valence-electron chi connectivity index (χ2n) is 3.07. The standard InChI is InChI=1S/C11H14ClNO/c1-2-11(8-14)13-7-9-3-5-10(12)6-4-9/h3-7,11,14H,2,8H2,1H3/t11-/m1/s1. The number of aliphatic imine (C=N–C) groups is 1. The zero-order chi connectivity index (χ0) is 10.4. The summed E-state index contributed by atoms with van der Waals surface area (Å²) < 4.78 is 0. The maximum atomic E-state index is 8.91. The molecule has 76 valence electrons. The van der Waals surface area contributed by atoms with Crippen LogP contribution in [-0.4, -0.2) is 24.0 Å². The highest BCUT2D eigenvalue weighted by atomic mass is 35.5. The molecule has 0 spiro atoms. The molecule has 0 aliphatic carbocycles. The van der Waals surface area contributed by atoms with Crippen LogP contribution < -0.4 is 0 Å². The average molecular weight is 212 g/mol. The van der Waals surface area contributed by atoms with Gasteiger partial charge in [-0.2, -0.15) is 0 Å². The summed E-state index contributed by atoms with van der Waals surface area (Å²) in [6, 6.07) is 7.45. The molecule has 2 nitrogen and oxygen atoms in total. The Balaban J connectivity index is 2.63. The van der Waals surface area contributed by atoms with E-state index in [1.54, 1.807) is 6.21 Å². The fraction of sp³-hybridized carbons (Fsp3) is 0.364. The van der Waals surface area contributed by atoms with Crippen molar-refractivity contribution in [3.8, 4) is 0 Å². The van der Waals surface area contributed by atoms with E-state index in [2.05, 4.69) is 4.99 Å². The molecule has 0 saturated heterocycles. The molecular weight excluding hydrogens is 198 g/mol. The van der Waals surface area contributed by atoms with Gasteiger partial charge in [0.15, 0.2) is 0 Å². The summed E-state index contributed by atoms with van der Waals surface area (Å²) in [6.07, 6.45) is 2.61. The van der Waals surface area contributed by atoms with Gasteiger partial charge in [-0.1, -0.05) is 30.7 Å². The minimum Gasteiger partial charge on any atom is -0.394 e. The third-order valence-corrected chi connectivity index (χ3v) is 2.24. The van der Waals surface area contributed by atoms with Crippen LogP contribution in [0.1, 0.15) is 18.9 Å². The molecule has 1 aromatic rings. The lowest BCUT2D eigenvalue weighted by molar-refractivity contribution is 0.264. The number of hydrogen-bond acceptors (Lipinski definition) is 2. The molecular formula is C11H14ClNO. The highest BCUT2D eigenvalue weighted by molar-refractivity contribution is 6.30. The van der Waals surface area contributed by atoms with E-state index < -0.39 is 0 Å². The Bertz CT molecular complexity index is 291. The van der Waals surface area contributed by atoms with E-state index in [4.69, 9.17) is 16.7 Å². The van der Waals surface area contributed by atoms with E-state index in [1.807, 2.05) is 31.2 Å². The smallest absolute Gasteiger partial charge is 0.0727 e. The van der Waals surface area contributed by atoms with Crippen molar-refractivity contribution in [1.29, 1.82) is 0 Å². The largest absolute Gasteiger partial charge is 0.394 e. The summed E-state index contributed by atoms with van der Waals surface area (Å²) in [5, 5.41) is 9.63. The fourth-order valence-corrected chi connectivity index (χ4v) is 1.15. The lowest BCUT2D eigenvalue weighted by atomic mass is 10.2. The van der Waals surface area contributed by atoms with Crippen LogP contribution in [0.4, 0.5) is 0 Å². The van der Waals surface area contributed by atoms with Crippen LogP contribution in [0.15, 0.2) is 29.3 Å². The van der Waals surface area contributed by atoms with E-state index in [0.29, 0.717) is 0 Å². The molecule has 0 radical (unpaired) electrons. The molecule has 0 fully saturated rings. The highest BCUT2D eigenvalue weighted by Gasteiger charge is 1.98. The maximum Gasteiger partial charge on any atom is 0.0727 e. The molecule has 0 aromatic heterocycles. The summed E-state index contributed by atoms with van der Waals surface area (Å²) in [7, 11) is 0. The molecule has 1 atom stereocenters.